The number of hydrogen-bond acceptors (Lipinski definition) is 3. The van der Waals surface area contributed by atoms with E-state index in [0.717, 1.165) is 21.3 Å². The number of benzene rings is 2. The lowest BCUT2D eigenvalue weighted by Gasteiger charge is -2.10. The van der Waals surface area contributed by atoms with Crippen molar-refractivity contribution in [3.05, 3.63) is 63.4 Å². The summed E-state index contributed by atoms with van der Waals surface area (Å²) in [4.78, 5) is 11.3. The normalized spacial score (nSPS) is 10.3. The summed E-state index contributed by atoms with van der Waals surface area (Å²) in [5, 5.41) is 3.24. The first-order valence-electron chi connectivity index (χ1n) is 6.38. The maximum absolute atomic E-state index is 13.8. The number of nitrogens with one attached hydrogen (secondary N) is 1. The lowest BCUT2D eigenvalue weighted by atomic mass is 10.1. The second-order valence-corrected chi connectivity index (χ2v) is 5.53. The molecule has 0 amide bonds. The summed E-state index contributed by atoms with van der Waals surface area (Å²) in [7, 11) is 1.23. The number of halogens is 2. The molecule has 0 radical (unpaired) electrons. The van der Waals surface area contributed by atoms with Crippen LogP contribution >= 0.6 is 15.9 Å². The maximum Gasteiger partial charge on any atom is 0.340 e. The van der Waals surface area contributed by atoms with E-state index in [1.807, 2.05) is 25.1 Å². The monoisotopic (exact) mass is 351 g/mol. The minimum absolute atomic E-state index is 0.0546. The Labute approximate surface area is 131 Å². The van der Waals surface area contributed by atoms with Crippen LogP contribution < -0.4 is 5.32 Å². The van der Waals surface area contributed by atoms with Gasteiger partial charge in [-0.3, -0.25) is 0 Å². The predicted molar refractivity (Wildman–Crippen MR) is 83.9 cm³/mol. The van der Waals surface area contributed by atoms with Gasteiger partial charge in [-0.1, -0.05) is 22.0 Å². The zero-order valence-electron chi connectivity index (χ0n) is 11.7. The van der Waals surface area contributed by atoms with Gasteiger partial charge in [-0.2, -0.15) is 0 Å². The third-order valence-electron chi connectivity index (χ3n) is 3.11. The van der Waals surface area contributed by atoms with Gasteiger partial charge in [0.1, 0.15) is 5.82 Å². The van der Waals surface area contributed by atoms with Crippen LogP contribution in [0.2, 0.25) is 0 Å². The third kappa shape index (κ3) is 3.82. The molecule has 2 aromatic carbocycles. The van der Waals surface area contributed by atoms with Crippen molar-refractivity contribution in [3.63, 3.8) is 0 Å². The summed E-state index contributed by atoms with van der Waals surface area (Å²) < 4.78 is 19.3. The number of rotatable bonds is 4. The summed E-state index contributed by atoms with van der Waals surface area (Å²) in [6, 6.07) is 10.4. The van der Waals surface area contributed by atoms with Gasteiger partial charge in [0.05, 0.1) is 12.7 Å². The van der Waals surface area contributed by atoms with Crippen molar-refractivity contribution in [2.45, 2.75) is 13.5 Å². The van der Waals surface area contributed by atoms with Crippen LogP contribution in [0.25, 0.3) is 0 Å². The molecule has 0 atom stereocenters. The van der Waals surface area contributed by atoms with E-state index in [1.54, 1.807) is 6.07 Å². The number of aryl methyl sites for hydroxylation is 1. The molecular weight excluding hydrogens is 337 g/mol. The molecule has 0 aromatic heterocycles. The van der Waals surface area contributed by atoms with Crippen molar-refractivity contribution < 1.29 is 13.9 Å². The second-order valence-electron chi connectivity index (χ2n) is 4.62. The number of ether oxygens (including phenoxy) is 1. The highest BCUT2D eigenvalue weighted by molar-refractivity contribution is 9.10. The first-order valence-corrected chi connectivity index (χ1v) is 7.17. The van der Waals surface area contributed by atoms with Crippen molar-refractivity contribution in [1.82, 2.24) is 0 Å². The van der Waals surface area contributed by atoms with Crippen molar-refractivity contribution in [2.24, 2.45) is 0 Å². The zero-order chi connectivity index (χ0) is 15.4. The zero-order valence-corrected chi connectivity index (χ0v) is 13.3. The van der Waals surface area contributed by atoms with E-state index in [-0.39, 0.29) is 5.56 Å². The fourth-order valence-electron chi connectivity index (χ4n) is 1.97. The van der Waals surface area contributed by atoms with E-state index in [9.17, 15) is 9.18 Å². The van der Waals surface area contributed by atoms with Crippen LogP contribution in [0.5, 0.6) is 0 Å². The van der Waals surface area contributed by atoms with E-state index in [4.69, 9.17) is 0 Å². The standard InChI is InChI=1S/C16H15BrFNO2/c1-10-7-12(17)4-6-15(10)19-9-11-3-5-13(14(18)8-11)16(20)21-2/h3-8,19H,9H2,1-2H3. The summed E-state index contributed by atoms with van der Waals surface area (Å²) in [5.41, 5.74) is 2.77. The van der Waals surface area contributed by atoms with Crippen LogP contribution in [0.15, 0.2) is 40.9 Å². The number of esters is 1. The molecule has 0 aliphatic rings. The highest BCUT2D eigenvalue weighted by Gasteiger charge is 2.12. The Morgan fingerprint density at radius 3 is 2.67 bits per heavy atom. The van der Waals surface area contributed by atoms with Crippen molar-refractivity contribution in [3.8, 4) is 0 Å². The Morgan fingerprint density at radius 1 is 1.29 bits per heavy atom. The van der Waals surface area contributed by atoms with Gasteiger partial charge in [0.2, 0.25) is 0 Å². The summed E-state index contributed by atoms with van der Waals surface area (Å²) in [6.45, 7) is 2.47. The maximum atomic E-state index is 13.8. The molecule has 1 N–H and O–H groups in total. The molecule has 5 heteroatoms. The molecule has 2 aromatic rings. The second kappa shape index (κ2) is 6.72. The number of carbonyl (C=O) groups excluding carboxylic acids is 1. The molecule has 0 spiro atoms. The third-order valence-corrected chi connectivity index (χ3v) is 3.60. The van der Waals surface area contributed by atoms with E-state index in [2.05, 4.69) is 26.0 Å². The predicted octanol–water partition coefficient (Wildman–Crippen LogP) is 4.30. The molecule has 0 aliphatic carbocycles. The molecule has 21 heavy (non-hydrogen) atoms. The molecule has 0 heterocycles. The minimum Gasteiger partial charge on any atom is -0.465 e. The largest absolute Gasteiger partial charge is 0.465 e. The Bertz CT molecular complexity index is 673. The first kappa shape index (κ1) is 15.5. The van der Waals surface area contributed by atoms with Crippen LogP contribution in [0.4, 0.5) is 10.1 Å². The number of hydrogen-bond donors (Lipinski definition) is 1. The van der Waals surface area contributed by atoms with Crippen LogP contribution in [0.1, 0.15) is 21.5 Å². The Balaban J connectivity index is 2.10. The fraction of sp³-hybridized carbons (Fsp3) is 0.188. The number of carbonyl (C=O) groups is 1. The van der Waals surface area contributed by atoms with Gasteiger partial charge in [-0.25, -0.2) is 9.18 Å². The van der Waals surface area contributed by atoms with Crippen molar-refractivity contribution in [1.29, 1.82) is 0 Å². The average Bonchev–Trinajstić information content (AvgIpc) is 2.45. The fourth-order valence-corrected chi connectivity index (χ4v) is 2.44. The van der Waals surface area contributed by atoms with Crippen LogP contribution in [0.3, 0.4) is 0 Å². The average molecular weight is 352 g/mol. The van der Waals surface area contributed by atoms with Gasteiger partial charge in [0.15, 0.2) is 0 Å². The molecule has 0 fully saturated rings. The number of anilines is 1. The van der Waals surface area contributed by atoms with Crippen molar-refractivity contribution >= 4 is 27.6 Å². The molecule has 0 aliphatic heterocycles. The molecule has 0 unspecified atom stereocenters. The number of methoxy groups -OCH3 is 1. The van der Waals surface area contributed by atoms with Crippen LogP contribution in [-0.2, 0) is 11.3 Å². The van der Waals surface area contributed by atoms with Gasteiger partial charge >= 0.3 is 5.97 Å². The lowest BCUT2D eigenvalue weighted by molar-refractivity contribution is 0.0595. The summed E-state index contributed by atoms with van der Waals surface area (Å²) >= 11 is 3.41. The van der Waals surface area contributed by atoms with Gasteiger partial charge in [-0.05, 0) is 48.4 Å². The molecule has 0 bridgehead atoms. The quantitative estimate of drug-likeness (QED) is 0.834. The summed E-state index contributed by atoms with van der Waals surface area (Å²) in [5.74, 6) is -1.25. The van der Waals surface area contributed by atoms with E-state index >= 15 is 0 Å². The molecule has 110 valence electrons. The van der Waals surface area contributed by atoms with Crippen LogP contribution in [-0.4, -0.2) is 13.1 Å². The molecule has 3 nitrogen and oxygen atoms in total. The van der Waals surface area contributed by atoms with Gasteiger partial charge in [-0.15, -0.1) is 0 Å². The Hall–Kier alpha value is -1.88. The van der Waals surface area contributed by atoms with E-state index in [0.29, 0.717) is 6.54 Å². The smallest absolute Gasteiger partial charge is 0.340 e. The first-order chi connectivity index (χ1) is 10.0. The molecule has 0 saturated carbocycles. The van der Waals surface area contributed by atoms with Crippen LogP contribution in [0, 0.1) is 12.7 Å². The summed E-state index contributed by atoms with van der Waals surface area (Å²) in [6.07, 6.45) is 0. The van der Waals surface area contributed by atoms with Gasteiger partial charge in [0.25, 0.3) is 0 Å². The Morgan fingerprint density at radius 2 is 2.05 bits per heavy atom. The molecule has 2 rings (SSSR count). The topological polar surface area (TPSA) is 38.3 Å². The highest BCUT2D eigenvalue weighted by atomic mass is 79.9. The van der Waals surface area contributed by atoms with E-state index < -0.39 is 11.8 Å². The minimum atomic E-state index is -0.671. The van der Waals surface area contributed by atoms with E-state index in [1.165, 1.54) is 19.2 Å². The highest BCUT2D eigenvalue weighted by Crippen LogP contribution is 2.21. The lowest BCUT2D eigenvalue weighted by Crippen LogP contribution is -2.06. The van der Waals surface area contributed by atoms with Gasteiger partial charge < -0.3 is 10.1 Å². The molecular formula is C16H15BrFNO2. The van der Waals surface area contributed by atoms with Gasteiger partial charge in [0, 0.05) is 16.7 Å². The van der Waals surface area contributed by atoms with Crippen molar-refractivity contribution in [2.75, 3.05) is 12.4 Å². The Kier molecular flexibility index (Phi) is 4.96. The SMILES string of the molecule is COC(=O)c1ccc(CNc2ccc(Br)cc2C)cc1F. The molecule has 0 saturated heterocycles.